The van der Waals surface area contributed by atoms with Gasteiger partial charge in [0.2, 0.25) is 0 Å². The van der Waals surface area contributed by atoms with Gasteiger partial charge >= 0.3 is 0 Å². The fourth-order valence-electron chi connectivity index (χ4n) is 2.83. The Bertz CT molecular complexity index is 955. The molecule has 0 saturated carbocycles. The second-order valence-electron chi connectivity index (χ2n) is 6.81. The van der Waals surface area contributed by atoms with Crippen molar-refractivity contribution >= 4 is 17.9 Å². The van der Waals surface area contributed by atoms with Crippen LogP contribution in [0.15, 0.2) is 91.5 Å². The first-order valence-corrected chi connectivity index (χ1v) is 10.1. The SMILES string of the molecule is C=Cc1ccc(OCCCCOc2ccc(C=CC(=O)c3ccccc3)cc2)cc1. The fourth-order valence-corrected chi connectivity index (χ4v) is 2.83. The van der Waals surface area contributed by atoms with Crippen LogP contribution < -0.4 is 9.47 Å². The molecule has 0 aromatic heterocycles. The third-order valence-corrected chi connectivity index (χ3v) is 4.56. The first kappa shape index (κ1) is 21.1. The molecule has 0 bridgehead atoms. The maximum absolute atomic E-state index is 12.1. The Labute approximate surface area is 178 Å². The molecular weight excluding hydrogens is 372 g/mol. The van der Waals surface area contributed by atoms with Crippen molar-refractivity contribution in [3.05, 3.63) is 108 Å². The lowest BCUT2D eigenvalue weighted by molar-refractivity contribution is 0.104. The molecule has 3 aromatic carbocycles. The maximum atomic E-state index is 12.1. The van der Waals surface area contributed by atoms with Crippen molar-refractivity contribution in [1.82, 2.24) is 0 Å². The van der Waals surface area contributed by atoms with E-state index in [0.717, 1.165) is 35.5 Å². The van der Waals surface area contributed by atoms with Gasteiger partial charge in [0.15, 0.2) is 5.78 Å². The summed E-state index contributed by atoms with van der Waals surface area (Å²) in [6.07, 6.45) is 7.06. The van der Waals surface area contributed by atoms with E-state index in [0.29, 0.717) is 18.8 Å². The molecule has 0 saturated heterocycles. The standard InChI is InChI=1S/C27H26O3/c1-2-22-10-15-25(16-11-22)29-20-6-7-21-30-26-17-12-23(13-18-26)14-19-27(28)24-8-4-3-5-9-24/h2-5,8-19H,1,6-7,20-21H2. The van der Waals surface area contributed by atoms with Crippen LogP contribution in [0.4, 0.5) is 0 Å². The summed E-state index contributed by atoms with van der Waals surface area (Å²) in [5, 5.41) is 0. The Kier molecular flexibility index (Phi) is 8.04. The van der Waals surface area contributed by atoms with Crippen LogP contribution in [0, 0.1) is 0 Å². The van der Waals surface area contributed by atoms with E-state index < -0.39 is 0 Å². The van der Waals surface area contributed by atoms with E-state index in [2.05, 4.69) is 6.58 Å². The number of hydrogen-bond donors (Lipinski definition) is 0. The number of ketones is 1. The summed E-state index contributed by atoms with van der Waals surface area (Å²) in [4.78, 5) is 12.1. The molecular formula is C27H26O3. The maximum Gasteiger partial charge on any atom is 0.185 e. The number of carbonyl (C=O) groups is 1. The van der Waals surface area contributed by atoms with Crippen LogP contribution in [0.1, 0.15) is 34.3 Å². The minimum absolute atomic E-state index is 0.00482. The minimum atomic E-state index is -0.00482. The molecule has 0 amide bonds. The normalized spacial score (nSPS) is 10.7. The summed E-state index contributed by atoms with van der Waals surface area (Å²) >= 11 is 0. The first-order valence-electron chi connectivity index (χ1n) is 10.1. The van der Waals surface area contributed by atoms with Gasteiger partial charge in [-0.25, -0.2) is 0 Å². The predicted octanol–water partition coefficient (Wildman–Crippen LogP) is 6.46. The molecule has 3 aromatic rings. The second kappa shape index (κ2) is 11.4. The Hall–Kier alpha value is -3.59. The fraction of sp³-hybridized carbons (Fsp3) is 0.148. The van der Waals surface area contributed by atoms with E-state index in [-0.39, 0.29) is 5.78 Å². The molecule has 30 heavy (non-hydrogen) atoms. The van der Waals surface area contributed by atoms with Crippen LogP contribution >= 0.6 is 0 Å². The van der Waals surface area contributed by atoms with Crippen LogP contribution in [0.5, 0.6) is 11.5 Å². The quantitative estimate of drug-likeness (QED) is 0.211. The zero-order chi connectivity index (χ0) is 21.0. The van der Waals surface area contributed by atoms with Crippen LogP contribution in [0.3, 0.4) is 0 Å². The number of benzene rings is 3. The molecule has 0 atom stereocenters. The largest absolute Gasteiger partial charge is 0.494 e. The van der Waals surface area contributed by atoms with Gasteiger partial charge in [-0.1, -0.05) is 73.3 Å². The monoisotopic (exact) mass is 398 g/mol. The molecule has 0 N–H and O–H groups in total. The molecule has 0 fully saturated rings. The van der Waals surface area contributed by atoms with Crippen molar-refractivity contribution < 1.29 is 14.3 Å². The zero-order valence-electron chi connectivity index (χ0n) is 17.0. The van der Waals surface area contributed by atoms with E-state index in [9.17, 15) is 4.79 Å². The summed E-state index contributed by atoms with van der Waals surface area (Å²) in [5.41, 5.74) is 2.73. The molecule has 0 aliphatic carbocycles. The highest BCUT2D eigenvalue weighted by molar-refractivity contribution is 6.06. The lowest BCUT2D eigenvalue weighted by Crippen LogP contribution is -2.02. The summed E-state index contributed by atoms with van der Waals surface area (Å²) < 4.78 is 11.5. The van der Waals surface area contributed by atoms with Crippen molar-refractivity contribution in [2.75, 3.05) is 13.2 Å². The molecule has 0 heterocycles. The molecule has 0 radical (unpaired) electrons. The van der Waals surface area contributed by atoms with Gasteiger partial charge in [-0.3, -0.25) is 4.79 Å². The summed E-state index contributed by atoms with van der Waals surface area (Å²) in [7, 11) is 0. The van der Waals surface area contributed by atoms with Gasteiger partial charge in [0.05, 0.1) is 13.2 Å². The molecule has 3 rings (SSSR count). The van der Waals surface area contributed by atoms with Crippen molar-refractivity contribution in [2.45, 2.75) is 12.8 Å². The van der Waals surface area contributed by atoms with Crippen molar-refractivity contribution in [2.24, 2.45) is 0 Å². The zero-order valence-corrected chi connectivity index (χ0v) is 17.0. The van der Waals surface area contributed by atoms with Crippen molar-refractivity contribution in [3.63, 3.8) is 0 Å². The van der Waals surface area contributed by atoms with Gasteiger partial charge in [0.25, 0.3) is 0 Å². The molecule has 0 aliphatic rings. The summed E-state index contributed by atoms with van der Waals surface area (Å²) in [5.74, 6) is 1.69. The summed E-state index contributed by atoms with van der Waals surface area (Å²) in [6.45, 7) is 5.04. The first-order chi connectivity index (χ1) is 14.7. The highest BCUT2D eigenvalue weighted by Crippen LogP contribution is 2.15. The van der Waals surface area contributed by atoms with E-state index >= 15 is 0 Å². The Morgan fingerprint density at radius 1 is 0.733 bits per heavy atom. The van der Waals surface area contributed by atoms with Crippen molar-refractivity contribution in [1.29, 1.82) is 0 Å². The van der Waals surface area contributed by atoms with Crippen LogP contribution in [-0.2, 0) is 0 Å². The molecule has 0 unspecified atom stereocenters. The lowest BCUT2D eigenvalue weighted by atomic mass is 10.1. The van der Waals surface area contributed by atoms with Gasteiger partial charge < -0.3 is 9.47 Å². The lowest BCUT2D eigenvalue weighted by Gasteiger charge is -2.08. The predicted molar refractivity (Wildman–Crippen MR) is 123 cm³/mol. The average Bonchev–Trinajstić information content (AvgIpc) is 2.81. The van der Waals surface area contributed by atoms with E-state index in [1.165, 1.54) is 0 Å². The number of rotatable bonds is 11. The molecule has 0 aliphatic heterocycles. The topological polar surface area (TPSA) is 35.5 Å². The smallest absolute Gasteiger partial charge is 0.185 e. The number of ether oxygens (including phenoxy) is 2. The van der Waals surface area contributed by atoms with Gasteiger partial charge in [0, 0.05) is 5.56 Å². The van der Waals surface area contributed by atoms with E-state index in [4.69, 9.17) is 9.47 Å². The van der Waals surface area contributed by atoms with Gasteiger partial charge in [-0.05, 0) is 54.3 Å². The number of unbranched alkanes of at least 4 members (excludes halogenated alkanes) is 1. The average molecular weight is 399 g/mol. The second-order valence-corrected chi connectivity index (χ2v) is 6.81. The molecule has 0 spiro atoms. The van der Waals surface area contributed by atoms with Gasteiger partial charge in [0.1, 0.15) is 11.5 Å². The molecule has 152 valence electrons. The highest BCUT2D eigenvalue weighted by atomic mass is 16.5. The van der Waals surface area contributed by atoms with Crippen LogP contribution in [0.2, 0.25) is 0 Å². The van der Waals surface area contributed by atoms with Crippen LogP contribution in [-0.4, -0.2) is 19.0 Å². The number of carbonyl (C=O) groups excluding carboxylic acids is 1. The minimum Gasteiger partial charge on any atom is -0.494 e. The highest BCUT2D eigenvalue weighted by Gasteiger charge is 2.00. The van der Waals surface area contributed by atoms with Crippen molar-refractivity contribution in [3.8, 4) is 11.5 Å². The number of hydrogen-bond acceptors (Lipinski definition) is 3. The van der Waals surface area contributed by atoms with Crippen LogP contribution in [0.25, 0.3) is 12.2 Å². The number of allylic oxidation sites excluding steroid dienone is 1. The van der Waals surface area contributed by atoms with Gasteiger partial charge in [-0.15, -0.1) is 0 Å². The Balaban J connectivity index is 1.34. The van der Waals surface area contributed by atoms with E-state index in [1.807, 2.05) is 91.0 Å². The Morgan fingerprint density at radius 2 is 1.27 bits per heavy atom. The molecule has 3 nitrogen and oxygen atoms in total. The molecule has 3 heteroatoms. The summed E-state index contributed by atoms with van der Waals surface area (Å²) in [6, 6.07) is 24.9. The van der Waals surface area contributed by atoms with E-state index in [1.54, 1.807) is 6.08 Å². The third-order valence-electron chi connectivity index (χ3n) is 4.56. The Morgan fingerprint density at radius 3 is 1.80 bits per heavy atom. The van der Waals surface area contributed by atoms with Gasteiger partial charge in [-0.2, -0.15) is 0 Å². The third kappa shape index (κ3) is 6.78.